The van der Waals surface area contributed by atoms with Gasteiger partial charge in [-0.2, -0.15) is 0 Å². The zero-order chi connectivity index (χ0) is 28.4. The molecular weight excluding hydrogens is 512 g/mol. The lowest BCUT2D eigenvalue weighted by molar-refractivity contribution is -0.384. The number of imide groups is 1. The van der Waals surface area contributed by atoms with Crippen LogP contribution in [-0.2, 0) is 11.2 Å². The number of esters is 1. The van der Waals surface area contributed by atoms with Gasteiger partial charge in [-0.25, -0.2) is 9.69 Å². The van der Waals surface area contributed by atoms with Crippen LogP contribution in [0.15, 0.2) is 97.1 Å². The second-order valence-electron chi connectivity index (χ2n) is 9.05. The fraction of sp³-hybridized carbons (Fsp3) is 0.0968. The average Bonchev–Trinajstić information content (AvgIpc) is 3.24. The quantitative estimate of drug-likeness (QED) is 0.0928. The molecule has 1 heterocycles. The molecule has 0 saturated heterocycles. The Morgan fingerprint density at radius 2 is 1.48 bits per heavy atom. The van der Waals surface area contributed by atoms with Crippen molar-refractivity contribution in [1.82, 2.24) is 0 Å². The molecule has 9 nitrogen and oxygen atoms in total. The minimum absolute atomic E-state index is 0.0294. The van der Waals surface area contributed by atoms with Gasteiger partial charge < -0.3 is 4.74 Å². The summed E-state index contributed by atoms with van der Waals surface area (Å²) < 4.78 is 5.64. The number of hydrogen-bond acceptors (Lipinski definition) is 7. The number of amides is 2. The summed E-state index contributed by atoms with van der Waals surface area (Å²) in [5.41, 5.74) is 1.80. The summed E-state index contributed by atoms with van der Waals surface area (Å²) in [7, 11) is 0. The first-order valence-electron chi connectivity index (χ1n) is 12.5. The Hall–Kier alpha value is -5.44. The van der Waals surface area contributed by atoms with E-state index < -0.39 is 34.6 Å². The first kappa shape index (κ1) is 26.2. The van der Waals surface area contributed by atoms with Crippen LogP contribution in [0.1, 0.15) is 65.6 Å². The average molecular weight is 535 g/mol. The molecule has 0 aliphatic carbocycles. The van der Waals surface area contributed by atoms with Crippen molar-refractivity contribution in [1.29, 1.82) is 0 Å². The number of ketones is 1. The van der Waals surface area contributed by atoms with Crippen molar-refractivity contribution in [2.24, 2.45) is 0 Å². The molecule has 9 heteroatoms. The van der Waals surface area contributed by atoms with Crippen LogP contribution < -0.4 is 4.90 Å². The van der Waals surface area contributed by atoms with Crippen molar-refractivity contribution < 1.29 is 28.8 Å². The highest BCUT2D eigenvalue weighted by Gasteiger charge is 2.38. The summed E-state index contributed by atoms with van der Waals surface area (Å²) in [6, 6.07) is 24.5. The number of carbonyl (C=O) groups excluding carboxylic acids is 4. The highest BCUT2D eigenvalue weighted by Crippen LogP contribution is 2.32. The number of ether oxygens (including phenoxy) is 1. The molecule has 1 aliphatic heterocycles. The zero-order valence-corrected chi connectivity index (χ0v) is 21.3. The van der Waals surface area contributed by atoms with E-state index in [1.165, 1.54) is 42.5 Å². The number of carbonyl (C=O) groups is 4. The van der Waals surface area contributed by atoms with E-state index in [0.29, 0.717) is 12.1 Å². The van der Waals surface area contributed by atoms with Gasteiger partial charge >= 0.3 is 5.97 Å². The molecule has 0 radical (unpaired) electrons. The van der Waals surface area contributed by atoms with Crippen LogP contribution in [0.3, 0.4) is 0 Å². The van der Waals surface area contributed by atoms with Crippen LogP contribution >= 0.6 is 0 Å². The molecule has 4 aromatic carbocycles. The number of nitro groups is 1. The Morgan fingerprint density at radius 1 is 0.825 bits per heavy atom. The van der Waals surface area contributed by atoms with E-state index in [9.17, 15) is 29.3 Å². The molecule has 4 aromatic rings. The third kappa shape index (κ3) is 4.76. The van der Waals surface area contributed by atoms with Crippen molar-refractivity contribution in [2.45, 2.75) is 19.4 Å². The van der Waals surface area contributed by atoms with E-state index in [-0.39, 0.29) is 33.5 Å². The topological polar surface area (TPSA) is 124 Å². The highest BCUT2D eigenvalue weighted by molar-refractivity contribution is 6.35. The number of hydrogen-bond donors (Lipinski definition) is 0. The van der Waals surface area contributed by atoms with Gasteiger partial charge in [0, 0.05) is 23.3 Å². The second kappa shape index (κ2) is 10.7. The van der Waals surface area contributed by atoms with Gasteiger partial charge in [-0.05, 0) is 48.4 Å². The molecule has 5 rings (SSSR count). The lowest BCUT2D eigenvalue weighted by Gasteiger charge is -2.18. The minimum Gasteiger partial charge on any atom is -0.445 e. The third-order valence-electron chi connectivity index (χ3n) is 6.66. The summed E-state index contributed by atoms with van der Waals surface area (Å²) in [4.78, 5) is 64.7. The molecular formula is C31H22N2O7. The first-order chi connectivity index (χ1) is 19.3. The number of anilines is 1. The van der Waals surface area contributed by atoms with Crippen LogP contribution in [0.4, 0.5) is 11.4 Å². The van der Waals surface area contributed by atoms with Crippen molar-refractivity contribution in [3.63, 3.8) is 0 Å². The lowest BCUT2D eigenvalue weighted by Crippen LogP contribution is -2.30. The predicted octanol–water partition coefficient (Wildman–Crippen LogP) is 5.74. The minimum atomic E-state index is -1.41. The maximum Gasteiger partial charge on any atom is 0.339 e. The molecule has 198 valence electrons. The largest absolute Gasteiger partial charge is 0.445 e. The summed E-state index contributed by atoms with van der Waals surface area (Å²) in [6.45, 7) is 1.92. The van der Waals surface area contributed by atoms with Gasteiger partial charge in [0.05, 0.1) is 27.3 Å². The fourth-order valence-corrected chi connectivity index (χ4v) is 4.59. The fourth-order valence-electron chi connectivity index (χ4n) is 4.59. The Kier molecular flexibility index (Phi) is 7.03. The SMILES string of the molecule is CCc1ccccc1N1C(=O)c2ccc(C(=O)O[C@@H](C(=O)c3ccccc3)c3ccc([N+](=O)[O-])cc3)cc2C1=O. The van der Waals surface area contributed by atoms with Crippen molar-refractivity contribution >= 4 is 34.9 Å². The Morgan fingerprint density at radius 3 is 2.15 bits per heavy atom. The van der Waals surface area contributed by atoms with Crippen LogP contribution in [0.5, 0.6) is 0 Å². The Balaban J connectivity index is 1.46. The molecule has 0 bridgehead atoms. The Bertz CT molecular complexity index is 1660. The summed E-state index contributed by atoms with van der Waals surface area (Å²) in [5.74, 6) is -2.49. The van der Waals surface area contributed by atoms with Gasteiger partial charge in [0.2, 0.25) is 5.78 Å². The van der Waals surface area contributed by atoms with E-state index in [0.717, 1.165) is 10.5 Å². The number of aryl methyl sites for hydroxylation is 1. The molecule has 40 heavy (non-hydrogen) atoms. The smallest absolute Gasteiger partial charge is 0.339 e. The molecule has 1 atom stereocenters. The normalized spacial score (nSPS) is 13.1. The maximum atomic E-state index is 13.4. The molecule has 0 saturated carbocycles. The number of Topliss-reactive ketones (excluding diaryl/α,β-unsaturated/α-hetero) is 1. The number of rotatable bonds is 8. The molecule has 0 N–H and O–H groups in total. The highest BCUT2D eigenvalue weighted by atomic mass is 16.6. The van der Waals surface area contributed by atoms with Crippen molar-refractivity contribution in [2.75, 3.05) is 4.90 Å². The Labute approximate surface area is 228 Å². The van der Waals surface area contributed by atoms with Crippen molar-refractivity contribution in [3.05, 3.63) is 141 Å². The molecule has 0 fully saturated rings. The molecule has 0 unspecified atom stereocenters. The van der Waals surface area contributed by atoms with Crippen LogP contribution in [-0.4, -0.2) is 28.5 Å². The summed E-state index contributed by atoms with van der Waals surface area (Å²) >= 11 is 0. The predicted molar refractivity (Wildman–Crippen MR) is 145 cm³/mol. The molecule has 0 aromatic heterocycles. The first-order valence-corrected chi connectivity index (χ1v) is 12.5. The van der Waals surface area contributed by atoms with Crippen LogP contribution in [0, 0.1) is 10.1 Å². The maximum absolute atomic E-state index is 13.4. The van der Waals surface area contributed by atoms with E-state index in [4.69, 9.17) is 4.74 Å². The molecule has 1 aliphatic rings. The molecule has 0 spiro atoms. The van der Waals surface area contributed by atoms with Crippen LogP contribution in [0.2, 0.25) is 0 Å². The van der Waals surface area contributed by atoms with Crippen LogP contribution in [0.25, 0.3) is 0 Å². The van der Waals surface area contributed by atoms with E-state index in [1.54, 1.807) is 42.5 Å². The number of nitrogens with zero attached hydrogens (tertiary/aromatic N) is 2. The van der Waals surface area contributed by atoms with E-state index in [2.05, 4.69) is 0 Å². The van der Waals surface area contributed by atoms with E-state index >= 15 is 0 Å². The van der Waals surface area contributed by atoms with Crippen molar-refractivity contribution in [3.8, 4) is 0 Å². The number of fused-ring (bicyclic) bond motifs is 1. The van der Waals surface area contributed by atoms with Gasteiger partial charge in [-0.15, -0.1) is 0 Å². The molecule has 2 amide bonds. The van der Waals surface area contributed by atoms with Gasteiger partial charge in [0.1, 0.15) is 0 Å². The number of benzene rings is 4. The lowest BCUT2D eigenvalue weighted by atomic mass is 9.99. The van der Waals surface area contributed by atoms with Gasteiger partial charge in [-0.3, -0.25) is 24.5 Å². The van der Waals surface area contributed by atoms with Gasteiger partial charge in [0.25, 0.3) is 17.5 Å². The van der Waals surface area contributed by atoms with E-state index in [1.807, 2.05) is 19.1 Å². The zero-order valence-electron chi connectivity index (χ0n) is 21.3. The summed E-state index contributed by atoms with van der Waals surface area (Å²) in [6.07, 6.45) is -0.796. The number of nitro benzene ring substituents is 1. The van der Waals surface area contributed by atoms with Gasteiger partial charge in [-0.1, -0.05) is 55.5 Å². The number of para-hydroxylation sites is 1. The number of non-ortho nitro benzene ring substituents is 1. The monoisotopic (exact) mass is 534 g/mol. The third-order valence-corrected chi connectivity index (χ3v) is 6.66. The van der Waals surface area contributed by atoms with Gasteiger partial charge in [0.15, 0.2) is 6.10 Å². The standard InChI is InChI=1S/C31H22N2O7/c1-2-19-8-6-7-11-26(19)32-29(35)24-17-14-22(18-25(24)30(32)36)31(37)40-28(27(34)20-9-4-3-5-10-20)21-12-15-23(16-13-21)33(38)39/h3-18,28H,2H2,1H3/t28-/m1/s1. The second-order valence-corrected chi connectivity index (χ2v) is 9.05. The summed E-state index contributed by atoms with van der Waals surface area (Å²) in [5, 5.41) is 11.1.